The van der Waals surface area contributed by atoms with Gasteiger partial charge in [0.05, 0.1) is 19.1 Å². The molecule has 4 aromatic rings. The summed E-state index contributed by atoms with van der Waals surface area (Å²) in [6, 6.07) is 11.1. The lowest BCUT2D eigenvalue weighted by molar-refractivity contribution is -0.139. The Bertz CT molecular complexity index is 2060. The van der Waals surface area contributed by atoms with Crippen molar-refractivity contribution in [3.8, 4) is 0 Å². The van der Waals surface area contributed by atoms with E-state index in [1.54, 1.807) is 20.0 Å². The SMILES string of the molecule is CC(C)[C@H](NC(=O)CNC(=O)[C@@H]1CCCN1C(=O)[C@@H](N)Cc1c[nH]c2ccccc12)C(=O)NCC(=O)N[C@@H](Cc1c[nH]c2ccccc12)C(=O)NCC(=O)O. The fourth-order valence-corrected chi connectivity index (χ4v) is 6.72. The monoisotopic (exact) mass is 757 g/mol. The van der Waals surface area contributed by atoms with E-state index in [0.717, 1.165) is 27.4 Å². The number of carbonyl (C=O) groups is 7. The van der Waals surface area contributed by atoms with Crippen LogP contribution in [0.5, 0.6) is 0 Å². The van der Waals surface area contributed by atoms with Gasteiger partial charge in [-0.25, -0.2) is 0 Å². The molecule has 1 saturated heterocycles. The largest absolute Gasteiger partial charge is 0.480 e. The van der Waals surface area contributed by atoms with E-state index in [9.17, 15) is 33.6 Å². The lowest BCUT2D eigenvalue weighted by Crippen LogP contribution is -2.56. The first-order valence-corrected chi connectivity index (χ1v) is 18.1. The summed E-state index contributed by atoms with van der Waals surface area (Å²) >= 11 is 0. The molecule has 3 heterocycles. The van der Waals surface area contributed by atoms with E-state index in [1.807, 2.05) is 54.7 Å². The maximum Gasteiger partial charge on any atom is 0.322 e. The summed E-state index contributed by atoms with van der Waals surface area (Å²) in [5.74, 6) is -5.33. The summed E-state index contributed by atoms with van der Waals surface area (Å²) < 4.78 is 0. The number of H-pyrrole nitrogens is 2. The molecular formula is C38H47N9O8. The number of aromatic amines is 2. The van der Waals surface area contributed by atoms with Crippen LogP contribution >= 0.6 is 0 Å². The van der Waals surface area contributed by atoms with Crippen molar-refractivity contribution in [2.75, 3.05) is 26.2 Å². The second kappa shape index (κ2) is 18.2. The van der Waals surface area contributed by atoms with E-state index < -0.39 is 85.2 Å². The number of hydrogen-bond donors (Lipinski definition) is 9. The number of benzene rings is 2. The zero-order valence-electron chi connectivity index (χ0n) is 30.6. The number of carbonyl (C=O) groups excluding carboxylic acids is 6. The van der Waals surface area contributed by atoms with Crippen molar-refractivity contribution < 1.29 is 38.7 Å². The first kappa shape index (κ1) is 40.0. The van der Waals surface area contributed by atoms with Crippen LogP contribution in [0, 0.1) is 5.92 Å². The van der Waals surface area contributed by atoms with E-state index in [4.69, 9.17) is 10.8 Å². The molecule has 0 bridgehead atoms. The standard InChI is InChI=1S/C38H47N9O8/c1-21(2)34(37(54)43-18-31(48)45-29(35(52)44-20-33(50)51)15-23-17-41-28-11-6-4-9-25(23)28)46-32(49)19-42-36(53)30-12-7-13-47(30)38(55)26(39)14-22-16-40-27-10-5-3-8-24(22)27/h3-6,8-11,16-17,21,26,29-30,34,40-41H,7,12-15,18-20,39H2,1-2H3,(H,42,53)(H,43,54)(H,44,52)(H,45,48)(H,46,49)(H,50,51)/t26-,29-,30-,34-/m0/s1. The third-order valence-electron chi connectivity index (χ3n) is 9.55. The molecule has 55 heavy (non-hydrogen) atoms. The highest BCUT2D eigenvalue weighted by Crippen LogP contribution is 2.23. The van der Waals surface area contributed by atoms with E-state index >= 15 is 0 Å². The zero-order valence-corrected chi connectivity index (χ0v) is 30.6. The van der Waals surface area contributed by atoms with Gasteiger partial charge in [0, 0.05) is 47.2 Å². The van der Waals surface area contributed by atoms with Crippen LogP contribution in [0.15, 0.2) is 60.9 Å². The van der Waals surface area contributed by atoms with Gasteiger partial charge in [-0.1, -0.05) is 50.2 Å². The Kier molecular flexibility index (Phi) is 13.2. The quantitative estimate of drug-likeness (QED) is 0.0691. The van der Waals surface area contributed by atoms with Crippen molar-refractivity contribution in [3.05, 3.63) is 72.1 Å². The number of rotatable bonds is 17. The molecule has 2 aromatic carbocycles. The molecule has 5 rings (SSSR count). The molecule has 6 amide bonds. The van der Waals surface area contributed by atoms with Crippen LogP contribution < -0.4 is 32.3 Å². The molecular weight excluding hydrogens is 710 g/mol. The van der Waals surface area contributed by atoms with E-state index in [-0.39, 0.29) is 18.7 Å². The average molecular weight is 758 g/mol. The lowest BCUT2D eigenvalue weighted by atomic mass is 10.0. The second-order valence-electron chi connectivity index (χ2n) is 13.9. The van der Waals surface area contributed by atoms with Crippen LogP contribution in [-0.2, 0) is 46.4 Å². The molecule has 0 unspecified atom stereocenters. The number of aliphatic carboxylic acids is 1. The summed E-state index contributed by atoms with van der Waals surface area (Å²) in [5, 5.41) is 23.3. The van der Waals surface area contributed by atoms with E-state index in [1.165, 1.54) is 4.90 Å². The molecule has 292 valence electrons. The van der Waals surface area contributed by atoms with Gasteiger partial charge in [0.1, 0.15) is 24.7 Å². The molecule has 0 spiro atoms. The van der Waals surface area contributed by atoms with Gasteiger partial charge < -0.3 is 52.3 Å². The molecule has 1 aliphatic rings. The lowest BCUT2D eigenvalue weighted by Gasteiger charge is -2.27. The number of aromatic nitrogens is 2. The Hall–Kier alpha value is -6.23. The van der Waals surface area contributed by atoms with Crippen LogP contribution in [0.4, 0.5) is 0 Å². The predicted octanol–water partition coefficient (Wildman–Crippen LogP) is -0.188. The highest BCUT2D eigenvalue weighted by molar-refractivity contribution is 5.96. The Labute approximate surface area is 316 Å². The maximum absolute atomic E-state index is 13.3. The fourth-order valence-electron chi connectivity index (χ4n) is 6.72. The number of nitrogens with two attached hydrogens (primary N) is 1. The van der Waals surface area contributed by atoms with Crippen LogP contribution in [0.2, 0.25) is 0 Å². The molecule has 0 radical (unpaired) electrons. The highest BCUT2D eigenvalue weighted by Gasteiger charge is 2.36. The first-order chi connectivity index (χ1) is 26.3. The van der Waals surface area contributed by atoms with Crippen molar-refractivity contribution in [2.24, 2.45) is 11.7 Å². The van der Waals surface area contributed by atoms with Gasteiger partial charge in [-0.05, 0) is 48.4 Å². The number of para-hydroxylation sites is 2. The molecule has 4 atom stereocenters. The van der Waals surface area contributed by atoms with Crippen molar-refractivity contribution in [1.82, 2.24) is 41.5 Å². The van der Waals surface area contributed by atoms with Crippen molar-refractivity contribution >= 4 is 63.2 Å². The van der Waals surface area contributed by atoms with Crippen molar-refractivity contribution in [1.29, 1.82) is 0 Å². The maximum atomic E-state index is 13.3. The van der Waals surface area contributed by atoms with Gasteiger partial charge in [0.15, 0.2) is 0 Å². The molecule has 0 aliphatic carbocycles. The van der Waals surface area contributed by atoms with Crippen molar-refractivity contribution in [3.63, 3.8) is 0 Å². The van der Waals surface area contributed by atoms with Crippen LogP contribution in [-0.4, -0.2) is 112 Å². The Morgan fingerprint density at radius 3 is 1.96 bits per heavy atom. The molecule has 17 heteroatoms. The summed E-state index contributed by atoms with van der Waals surface area (Å²) in [6.45, 7) is 2.08. The normalized spacial score (nSPS) is 15.6. The summed E-state index contributed by atoms with van der Waals surface area (Å²) in [4.78, 5) is 97.2. The first-order valence-electron chi connectivity index (χ1n) is 18.1. The Morgan fingerprint density at radius 1 is 0.782 bits per heavy atom. The third-order valence-corrected chi connectivity index (χ3v) is 9.55. The molecule has 10 N–H and O–H groups in total. The minimum absolute atomic E-state index is 0.0378. The number of amides is 6. The third kappa shape index (κ3) is 10.3. The van der Waals surface area contributed by atoms with Crippen LogP contribution in [0.25, 0.3) is 21.8 Å². The number of carboxylic acids is 1. The van der Waals surface area contributed by atoms with Crippen LogP contribution in [0.3, 0.4) is 0 Å². The van der Waals surface area contributed by atoms with Gasteiger partial charge in [0.2, 0.25) is 35.4 Å². The number of fused-ring (bicyclic) bond motifs is 2. The number of carboxylic acid groups (broad SMARTS) is 1. The molecule has 2 aromatic heterocycles. The predicted molar refractivity (Wildman–Crippen MR) is 202 cm³/mol. The van der Waals surface area contributed by atoms with Crippen molar-refractivity contribution in [2.45, 2.75) is 63.7 Å². The summed E-state index contributed by atoms with van der Waals surface area (Å²) in [5.41, 5.74) is 9.67. The summed E-state index contributed by atoms with van der Waals surface area (Å²) in [7, 11) is 0. The molecule has 1 aliphatic heterocycles. The highest BCUT2D eigenvalue weighted by atomic mass is 16.4. The number of hydrogen-bond acceptors (Lipinski definition) is 8. The van der Waals surface area contributed by atoms with Crippen LogP contribution in [0.1, 0.15) is 37.8 Å². The van der Waals surface area contributed by atoms with E-state index in [2.05, 4.69) is 36.6 Å². The molecule has 0 saturated carbocycles. The molecule has 1 fully saturated rings. The minimum atomic E-state index is -1.26. The smallest absolute Gasteiger partial charge is 0.322 e. The number of likely N-dealkylation sites (tertiary alicyclic amines) is 1. The van der Waals surface area contributed by atoms with Gasteiger partial charge in [-0.15, -0.1) is 0 Å². The Balaban J connectivity index is 1.10. The number of nitrogens with zero attached hydrogens (tertiary/aromatic N) is 1. The average Bonchev–Trinajstić information content (AvgIpc) is 3.93. The Morgan fingerprint density at radius 2 is 1.35 bits per heavy atom. The number of nitrogens with one attached hydrogen (secondary N) is 7. The van der Waals surface area contributed by atoms with Gasteiger partial charge in [-0.2, -0.15) is 0 Å². The summed E-state index contributed by atoms with van der Waals surface area (Å²) in [6.07, 6.45) is 4.83. The topological polar surface area (TPSA) is 261 Å². The van der Waals surface area contributed by atoms with Gasteiger partial charge in [-0.3, -0.25) is 33.6 Å². The second-order valence-corrected chi connectivity index (χ2v) is 13.9. The van der Waals surface area contributed by atoms with E-state index in [0.29, 0.717) is 24.9 Å². The minimum Gasteiger partial charge on any atom is -0.480 e. The fraction of sp³-hybridized carbons (Fsp3) is 0.395. The zero-order chi connectivity index (χ0) is 39.6. The van der Waals surface area contributed by atoms with Gasteiger partial charge >= 0.3 is 5.97 Å². The molecule has 17 nitrogen and oxygen atoms in total. The van der Waals surface area contributed by atoms with Gasteiger partial charge in [0.25, 0.3) is 0 Å².